The lowest BCUT2D eigenvalue weighted by atomic mass is 10.2. The summed E-state index contributed by atoms with van der Waals surface area (Å²) in [4.78, 5) is 26.6. The Morgan fingerprint density at radius 2 is 2.24 bits per heavy atom. The van der Waals surface area contributed by atoms with E-state index in [9.17, 15) is 9.59 Å². The first kappa shape index (κ1) is 15.6. The Balaban J connectivity index is 2.46. The predicted molar refractivity (Wildman–Crippen MR) is 84.1 cm³/mol. The van der Waals surface area contributed by atoms with Crippen molar-refractivity contribution in [3.63, 3.8) is 0 Å². The zero-order valence-corrected chi connectivity index (χ0v) is 13.4. The first-order valence-electron chi connectivity index (χ1n) is 7.05. The van der Waals surface area contributed by atoms with Crippen LogP contribution in [-0.2, 0) is 4.74 Å². The van der Waals surface area contributed by atoms with E-state index in [4.69, 9.17) is 10.5 Å². The van der Waals surface area contributed by atoms with Gasteiger partial charge in [-0.25, -0.2) is 4.79 Å². The summed E-state index contributed by atoms with van der Waals surface area (Å²) in [5, 5.41) is 3.30. The van der Waals surface area contributed by atoms with Crippen LogP contribution in [0.2, 0.25) is 0 Å². The van der Waals surface area contributed by atoms with Gasteiger partial charge < -0.3 is 20.7 Å². The summed E-state index contributed by atoms with van der Waals surface area (Å²) in [6.45, 7) is 5.91. The lowest BCUT2D eigenvalue weighted by Crippen LogP contribution is -2.21. The number of nitrogens with two attached hydrogens (primary N) is 1. The van der Waals surface area contributed by atoms with Gasteiger partial charge in [0.15, 0.2) is 0 Å². The molecule has 1 aliphatic rings. The van der Waals surface area contributed by atoms with Crippen LogP contribution in [0.4, 0.5) is 10.7 Å². The zero-order valence-electron chi connectivity index (χ0n) is 12.6. The molecule has 1 saturated heterocycles. The first-order chi connectivity index (χ1) is 9.99. The average molecular weight is 311 g/mol. The molecule has 1 atom stereocenters. The van der Waals surface area contributed by atoms with Crippen LogP contribution < -0.4 is 16.0 Å². The monoisotopic (exact) mass is 311 g/mol. The molecule has 1 fully saturated rings. The van der Waals surface area contributed by atoms with Crippen molar-refractivity contribution in [2.24, 2.45) is 5.92 Å². The molecule has 0 aromatic carbocycles. The number of hydrogen-bond donors (Lipinski definition) is 2. The molecule has 1 aromatic heterocycles. The molecule has 1 unspecified atom stereocenters. The number of amides is 1. The molecule has 0 spiro atoms. The molecular formula is C14H21N3O3S. The van der Waals surface area contributed by atoms with E-state index in [0.717, 1.165) is 24.5 Å². The topological polar surface area (TPSA) is 84.7 Å². The van der Waals surface area contributed by atoms with E-state index in [2.05, 4.69) is 17.1 Å². The average Bonchev–Trinajstić information content (AvgIpc) is 3.02. The Morgan fingerprint density at radius 1 is 1.52 bits per heavy atom. The summed E-state index contributed by atoms with van der Waals surface area (Å²) in [5.74, 6) is -0.177. The number of nitrogen functional groups attached to an aromatic ring is 1. The highest BCUT2D eigenvalue weighted by molar-refractivity contribution is 7.19. The van der Waals surface area contributed by atoms with Crippen LogP contribution in [0.25, 0.3) is 0 Å². The Bertz CT molecular complexity index is 556. The maximum atomic E-state index is 12.2. The molecule has 1 aliphatic heterocycles. The van der Waals surface area contributed by atoms with Crippen molar-refractivity contribution in [2.45, 2.75) is 20.3 Å². The standard InChI is InChI=1S/C14H21N3O3S/c1-4-20-14(19)9-10(15)11(12(18)16-3)21-13(9)17-6-5-8(2)7-17/h8H,4-7,15H2,1-3H3,(H,16,18). The fraction of sp³-hybridized carbons (Fsp3) is 0.571. The molecule has 2 rings (SSSR count). The summed E-state index contributed by atoms with van der Waals surface area (Å²) in [6.07, 6.45) is 1.06. The third-order valence-corrected chi connectivity index (χ3v) is 4.82. The molecule has 3 N–H and O–H groups in total. The number of anilines is 2. The van der Waals surface area contributed by atoms with Gasteiger partial charge in [-0.15, -0.1) is 11.3 Å². The van der Waals surface area contributed by atoms with Gasteiger partial charge in [0, 0.05) is 20.1 Å². The SMILES string of the molecule is CCOC(=O)c1c(N2CCC(C)C2)sc(C(=O)NC)c1N. The zero-order chi connectivity index (χ0) is 15.6. The minimum atomic E-state index is -0.462. The molecule has 0 radical (unpaired) electrons. The van der Waals surface area contributed by atoms with Gasteiger partial charge in [-0.1, -0.05) is 6.92 Å². The fourth-order valence-electron chi connectivity index (χ4n) is 2.46. The number of esters is 1. The second-order valence-corrected chi connectivity index (χ2v) is 6.16. The van der Waals surface area contributed by atoms with Crippen molar-refractivity contribution < 1.29 is 14.3 Å². The Kier molecular flexibility index (Phi) is 4.72. The van der Waals surface area contributed by atoms with Crippen molar-refractivity contribution in [3.8, 4) is 0 Å². The van der Waals surface area contributed by atoms with Crippen molar-refractivity contribution in [1.29, 1.82) is 0 Å². The molecule has 7 heteroatoms. The predicted octanol–water partition coefficient (Wildman–Crippen LogP) is 1.71. The van der Waals surface area contributed by atoms with Crippen molar-refractivity contribution in [2.75, 3.05) is 37.4 Å². The van der Waals surface area contributed by atoms with Crippen LogP contribution in [0.15, 0.2) is 0 Å². The van der Waals surface area contributed by atoms with Gasteiger partial charge in [0.2, 0.25) is 0 Å². The van der Waals surface area contributed by atoms with Crippen LogP contribution in [-0.4, -0.2) is 38.6 Å². The maximum Gasteiger partial charge on any atom is 0.343 e. The molecule has 1 aromatic rings. The lowest BCUT2D eigenvalue weighted by molar-refractivity contribution is 0.0529. The highest BCUT2D eigenvalue weighted by atomic mass is 32.1. The van der Waals surface area contributed by atoms with Crippen molar-refractivity contribution in [3.05, 3.63) is 10.4 Å². The maximum absolute atomic E-state index is 12.2. The summed E-state index contributed by atoms with van der Waals surface area (Å²) in [7, 11) is 1.54. The highest BCUT2D eigenvalue weighted by Gasteiger charge is 2.31. The van der Waals surface area contributed by atoms with Gasteiger partial charge in [0.25, 0.3) is 5.91 Å². The van der Waals surface area contributed by atoms with Gasteiger partial charge in [-0.2, -0.15) is 0 Å². The second kappa shape index (κ2) is 6.34. The molecular weight excluding hydrogens is 290 g/mol. The van der Waals surface area contributed by atoms with E-state index in [1.807, 2.05) is 0 Å². The summed E-state index contributed by atoms with van der Waals surface area (Å²) in [5.41, 5.74) is 6.58. The number of thiophene rings is 1. The van der Waals surface area contributed by atoms with Crippen LogP contribution in [0.3, 0.4) is 0 Å². The molecule has 2 heterocycles. The van der Waals surface area contributed by atoms with Crippen molar-refractivity contribution in [1.82, 2.24) is 5.32 Å². The molecule has 0 bridgehead atoms. The quantitative estimate of drug-likeness (QED) is 0.827. The molecule has 21 heavy (non-hydrogen) atoms. The largest absolute Gasteiger partial charge is 0.462 e. The third-order valence-electron chi connectivity index (χ3n) is 3.55. The number of rotatable bonds is 4. The number of carbonyl (C=O) groups excluding carboxylic acids is 2. The van der Waals surface area contributed by atoms with Crippen LogP contribution >= 0.6 is 11.3 Å². The lowest BCUT2D eigenvalue weighted by Gasteiger charge is -2.17. The summed E-state index contributed by atoms with van der Waals surface area (Å²) < 4.78 is 5.09. The number of hydrogen-bond acceptors (Lipinski definition) is 6. The normalized spacial score (nSPS) is 17.9. The number of ether oxygens (including phenoxy) is 1. The number of nitrogens with zero attached hydrogens (tertiary/aromatic N) is 1. The summed E-state index contributed by atoms with van der Waals surface area (Å²) in [6, 6.07) is 0. The van der Waals surface area contributed by atoms with E-state index in [1.165, 1.54) is 11.3 Å². The van der Waals surface area contributed by atoms with Gasteiger partial charge >= 0.3 is 5.97 Å². The van der Waals surface area contributed by atoms with Crippen LogP contribution in [0.1, 0.15) is 40.3 Å². The molecule has 1 amide bonds. The number of carbonyl (C=O) groups is 2. The second-order valence-electron chi connectivity index (χ2n) is 5.16. The Hall–Kier alpha value is -1.76. The molecule has 6 nitrogen and oxygen atoms in total. The minimum Gasteiger partial charge on any atom is -0.462 e. The van der Waals surface area contributed by atoms with Gasteiger partial charge in [0.1, 0.15) is 15.4 Å². The Morgan fingerprint density at radius 3 is 2.76 bits per heavy atom. The van der Waals surface area contributed by atoms with Gasteiger partial charge in [-0.3, -0.25) is 4.79 Å². The molecule has 0 aliphatic carbocycles. The van der Waals surface area contributed by atoms with Gasteiger partial charge in [0.05, 0.1) is 12.3 Å². The smallest absolute Gasteiger partial charge is 0.343 e. The van der Waals surface area contributed by atoms with Crippen LogP contribution in [0.5, 0.6) is 0 Å². The fourth-order valence-corrected chi connectivity index (χ4v) is 3.65. The minimum absolute atomic E-state index is 0.215. The Labute approximate surface area is 128 Å². The van der Waals surface area contributed by atoms with E-state index >= 15 is 0 Å². The number of nitrogens with one attached hydrogen (secondary N) is 1. The van der Waals surface area contributed by atoms with Gasteiger partial charge in [-0.05, 0) is 19.3 Å². The summed E-state index contributed by atoms with van der Waals surface area (Å²) >= 11 is 1.26. The van der Waals surface area contributed by atoms with E-state index in [0.29, 0.717) is 16.4 Å². The highest BCUT2D eigenvalue weighted by Crippen LogP contribution is 2.40. The van der Waals surface area contributed by atoms with Crippen LogP contribution in [0, 0.1) is 5.92 Å². The van der Waals surface area contributed by atoms with E-state index < -0.39 is 5.97 Å². The van der Waals surface area contributed by atoms with E-state index in [1.54, 1.807) is 14.0 Å². The molecule has 0 saturated carbocycles. The molecule has 116 valence electrons. The third kappa shape index (κ3) is 2.97. The first-order valence-corrected chi connectivity index (χ1v) is 7.87. The van der Waals surface area contributed by atoms with Crippen molar-refractivity contribution >= 4 is 33.9 Å². The van der Waals surface area contributed by atoms with E-state index in [-0.39, 0.29) is 18.2 Å².